The molecule has 0 saturated heterocycles. The van der Waals surface area contributed by atoms with E-state index in [0.29, 0.717) is 38.7 Å². The van der Waals surface area contributed by atoms with E-state index >= 15 is 0 Å². The molecule has 4 N–H and O–H groups in total. The highest BCUT2D eigenvalue weighted by molar-refractivity contribution is 7.99. The van der Waals surface area contributed by atoms with Gasteiger partial charge in [0.15, 0.2) is 0 Å². The van der Waals surface area contributed by atoms with Gasteiger partial charge in [-0.1, -0.05) is 84.6 Å². The molecule has 0 fully saturated rings. The third-order valence-electron chi connectivity index (χ3n) is 9.29. The van der Waals surface area contributed by atoms with Crippen molar-refractivity contribution in [2.75, 3.05) is 46.2 Å². The fourth-order valence-electron chi connectivity index (χ4n) is 6.75. The molecule has 1 heterocycles. The molecule has 7 rings (SSSR count). The summed E-state index contributed by atoms with van der Waals surface area (Å²) in [7, 11) is 8.63. The molecule has 1 aliphatic heterocycles. The zero-order chi connectivity index (χ0) is 37.1. The van der Waals surface area contributed by atoms with E-state index in [4.69, 9.17) is 0 Å². The van der Waals surface area contributed by atoms with E-state index in [1.807, 2.05) is 11.8 Å². The van der Waals surface area contributed by atoms with Crippen LogP contribution in [0.4, 0.5) is 11.4 Å². The quantitative estimate of drug-likeness (QED) is 0.117. The van der Waals surface area contributed by atoms with Gasteiger partial charge in [0.05, 0.1) is 11.4 Å². The summed E-state index contributed by atoms with van der Waals surface area (Å²) >= 11 is 1.87. The molecule has 6 aromatic carbocycles. The number of hydrogen-bond donors (Lipinski definition) is 4. The summed E-state index contributed by atoms with van der Waals surface area (Å²) in [6.07, 6.45) is -0.0655. The molecule has 1 unspecified atom stereocenters. The number of nitrogens with zero attached hydrogens (tertiary/aromatic N) is 3. The second kappa shape index (κ2) is 15.4. The number of benzene rings is 6. The van der Waals surface area contributed by atoms with Crippen molar-refractivity contribution >= 4 is 56.6 Å². The number of aromatic carboxylic acids is 2. The van der Waals surface area contributed by atoms with Crippen LogP contribution in [-0.4, -0.2) is 89.5 Å². The molecule has 0 spiro atoms. The van der Waals surface area contributed by atoms with Gasteiger partial charge in [0.25, 0.3) is 0 Å². The minimum Gasteiger partial charge on any atom is -0.507 e. The van der Waals surface area contributed by atoms with Crippen LogP contribution < -0.4 is 4.90 Å². The first-order chi connectivity index (χ1) is 24.9. The van der Waals surface area contributed by atoms with Crippen molar-refractivity contribution in [3.8, 4) is 11.5 Å². The van der Waals surface area contributed by atoms with Gasteiger partial charge in [-0.05, 0) is 91.7 Å². The van der Waals surface area contributed by atoms with Crippen LogP contribution in [0.1, 0.15) is 31.8 Å². The lowest BCUT2D eigenvalue weighted by molar-refractivity contribution is 0.0681. The Morgan fingerprint density at radius 1 is 0.692 bits per heavy atom. The van der Waals surface area contributed by atoms with E-state index in [2.05, 4.69) is 91.4 Å². The number of carboxylic acid groups (broad SMARTS) is 2. The summed E-state index contributed by atoms with van der Waals surface area (Å²) in [4.78, 5) is 33.3. The van der Waals surface area contributed by atoms with Crippen LogP contribution in [0.15, 0.2) is 119 Å². The van der Waals surface area contributed by atoms with Crippen LogP contribution in [0.2, 0.25) is 0 Å². The molecule has 0 aromatic heterocycles. The van der Waals surface area contributed by atoms with Gasteiger partial charge in [0, 0.05) is 40.9 Å². The second-order valence-corrected chi connectivity index (χ2v) is 14.3. The van der Waals surface area contributed by atoms with Crippen molar-refractivity contribution in [3.05, 3.63) is 131 Å². The summed E-state index contributed by atoms with van der Waals surface area (Å²) in [6.45, 7) is 2.03. The van der Waals surface area contributed by atoms with Crippen molar-refractivity contribution in [1.29, 1.82) is 0 Å². The van der Waals surface area contributed by atoms with Gasteiger partial charge < -0.3 is 35.1 Å². The first-order valence-corrected chi connectivity index (χ1v) is 17.6. The fraction of sp³-hybridized carbons (Fsp3) is 0.190. The molecule has 6 aromatic rings. The Labute approximate surface area is 307 Å². The minimum atomic E-state index is -1.30. The monoisotopic (exact) mass is 715 g/mol. The Bertz CT molecular complexity index is 2240. The maximum absolute atomic E-state index is 11.9. The second-order valence-electron chi connectivity index (χ2n) is 13.3. The Morgan fingerprint density at radius 2 is 1.21 bits per heavy atom. The number of phenols is 2. The first-order valence-electron chi connectivity index (χ1n) is 16.8. The van der Waals surface area contributed by atoms with Crippen molar-refractivity contribution < 1.29 is 30.0 Å². The SMILES string of the molecule is CN(C)CC(CN1c2ccccc2Sc2ccccc21)N(C)C.O=C(O)c1cc2ccccc2c(Cc2c(C(=O)O)c(O)cc3ccccc23)c1O. The van der Waals surface area contributed by atoms with E-state index in [1.165, 1.54) is 33.3 Å². The molecular weight excluding hydrogens is 675 g/mol. The number of rotatable bonds is 9. The largest absolute Gasteiger partial charge is 0.507 e. The number of likely N-dealkylation sites (N-methyl/N-ethyl adjacent to an activating group) is 2. The van der Waals surface area contributed by atoms with Gasteiger partial charge in [0.1, 0.15) is 22.6 Å². The third kappa shape index (κ3) is 7.41. The number of para-hydroxylation sites is 2. The maximum Gasteiger partial charge on any atom is 0.339 e. The van der Waals surface area contributed by atoms with Gasteiger partial charge in [-0.3, -0.25) is 0 Å². The summed E-state index contributed by atoms with van der Waals surface area (Å²) < 4.78 is 0. The Balaban J connectivity index is 0.000000183. The Morgan fingerprint density at radius 3 is 1.75 bits per heavy atom. The van der Waals surface area contributed by atoms with E-state index < -0.39 is 17.7 Å². The third-order valence-corrected chi connectivity index (χ3v) is 10.4. The average Bonchev–Trinajstić information content (AvgIpc) is 3.11. The van der Waals surface area contributed by atoms with Crippen LogP contribution >= 0.6 is 11.8 Å². The van der Waals surface area contributed by atoms with Gasteiger partial charge in [-0.2, -0.15) is 0 Å². The van der Waals surface area contributed by atoms with Crippen LogP contribution in [-0.2, 0) is 6.42 Å². The normalized spacial score (nSPS) is 12.7. The van der Waals surface area contributed by atoms with Crippen molar-refractivity contribution in [2.24, 2.45) is 0 Å². The molecule has 0 aliphatic carbocycles. The standard InChI is InChI=1S/C23H16O6.C19H25N3S/c24-19-10-13-6-2-3-7-14(13)16(20(19)23(28)29)11-17-15-8-4-1-5-12(15)9-18(21(17)25)22(26)27;1-20(2)13-15(21(3)4)14-22-16-9-5-7-11-18(16)23-19-12-8-6-10-17(19)22/h1-10,24-25H,11H2,(H,26,27)(H,28,29);5-12,15H,13-14H2,1-4H3. The number of fused-ring (bicyclic) bond motifs is 4. The predicted octanol–water partition coefficient (Wildman–Crippen LogP) is 8.17. The van der Waals surface area contributed by atoms with Gasteiger partial charge >= 0.3 is 11.9 Å². The van der Waals surface area contributed by atoms with Crippen molar-refractivity contribution in [2.45, 2.75) is 22.3 Å². The van der Waals surface area contributed by atoms with Gasteiger partial charge in [-0.25, -0.2) is 9.59 Å². The van der Waals surface area contributed by atoms with Crippen LogP contribution in [0.3, 0.4) is 0 Å². The summed E-state index contributed by atoms with van der Waals surface area (Å²) in [5.74, 6) is -3.39. The molecule has 52 heavy (non-hydrogen) atoms. The lowest BCUT2D eigenvalue weighted by Crippen LogP contribution is -2.45. The number of carbonyl (C=O) groups is 2. The highest BCUT2D eigenvalue weighted by Gasteiger charge is 2.27. The number of aromatic hydroxyl groups is 2. The molecular formula is C42H41N3O6S. The zero-order valence-electron chi connectivity index (χ0n) is 29.4. The predicted molar refractivity (Wildman–Crippen MR) is 208 cm³/mol. The molecule has 0 saturated carbocycles. The summed E-state index contributed by atoms with van der Waals surface area (Å²) in [6, 6.07) is 34.6. The highest BCUT2D eigenvalue weighted by atomic mass is 32.2. The molecule has 266 valence electrons. The molecule has 9 nitrogen and oxygen atoms in total. The van der Waals surface area contributed by atoms with E-state index in [1.54, 1.807) is 48.5 Å². The maximum atomic E-state index is 11.9. The summed E-state index contributed by atoms with van der Waals surface area (Å²) in [5.41, 5.74) is 2.70. The topological polar surface area (TPSA) is 125 Å². The van der Waals surface area contributed by atoms with Crippen LogP contribution in [0, 0.1) is 0 Å². The zero-order valence-corrected chi connectivity index (χ0v) is 30.3. The molecule has 10 heteroatoms. The molecule has 0 bridgehead atoms. The minimum absolute atomic E-state index is 0.0655. The smallest absolute Gasteiger partial charge is 0.339 e. The van der Waals surface area contributed by atoms with E-state index in [-0.39, 0.29) is 23.3 Å². The van der Waals surface area contributed by atoms with Crippen LogP contribution in [0.5, 0.6) is 11.5 Å². The highest BCUT2D eigenvalue weighted by Crippen LogP contribution is 2.48. The molecule has 1 aliphatic rings. The van der Waals surface area contributed by atoms with Crippen molar-refractivity contribution in [1.82, 2.24) is 9.80 Å². The lowest BCUT2D eigenvalue weighted by atomic mass is 9.89. The van der Waals surface area contributed by atoms with E-state index in [9.17, 15) is 30.0 Å². The number of hydrogen-bond acceptors (Lipinski definition) is 8. The van der Waals surface area contributed by atoms with Crippen molar-refractivity contribution in [3.63, 3.8) is 0 Å². The van der Waals surface area contributed by atoms with E-state index in [0.717, 1.165) is 13.1 Å². The van der Waals surface area contributed by atoms with Gasteiger partial charge in [0.2, 0.25) is 0 Å². The lowest BCUT2D eigenvalue weighted by Gasteiger charge is -2.38. The molecule has 0 radical (unpaired) electrons. The Kier molecular flexibility index (Phi) is 10.7. The fourth-order valence-corrected chi connectivity index (χ4v) is 7.85. The molecule has 1 atom stereocenters. The number of anilines is 2. The average molecular weight is 716 g/mol. The van der Waals surface area contributed by atoms with Crippen LogP contribution in [0.25, 0.3) is 21.5 Å². The molecule has 0 amide bonds. The first kappa shape index (κ1) is 36.2. The summed E-state index contributed by atoms with van der Waals surface area (Å²) in [5, 5.41) is 42.7. The Hall–Kier alpha value is -5.55. The van der Waals surface area contributed by atoms with Gasteiger partial charge in [-0.15, -0.1) is 0 Å². The number of carboxylic acids is 2.